The molecule has 0 unspecified atom stereocenters. The van der Waals surface area contributed by atoms with E-state index in [-0.39, 0.29) is 18.0 Å². The van der Waals surface area contributed by atoms with E-state index in [0.29, 0.717) is 16.8 Å². The fourth-order valence-electron chi connectivity index (χ4n) is 2.10. The molecular weight excluding hydrogens is 298 g/mol. The van der Waals surface area contributed by atoms with Crippen molar-refractivity contribution in [2.45, 2.75) is 6.42 Å². The molecule has 2 aromatic rings. The van der Waals surface area contributed by atoms with E-state index in [9.17, 15) is 19.7 Å². The lowest BCUT2D eigenvalue weighted by Crippen LogP contribution is -2.19. The highest BCUT2D eigenvalue weighted by Gasteiger charge is 2.15. The van der Waals surface area contributed by atoms with Gasteiger partial charge in [-0.15, -0.1) is 0 Å². The van der Waals surface area contributed by atoms with Crippen LogP contribution in [0, 0.1) is 10.1 Å². The number of nitro benzene ring substituents is 1. The second kappa shape index (κ2) is 7.17. The van der Waals surface area contributed by atoms with Gasteiger partial charge in [0.15, 0.2) is 0 Å². The maximum absolute atomic E-state index is 12.1. The maximum Gasteiger partial charge on any atom is 0.273 e. The Labute approximate surface area is 132 Å². The molecule has 0 radical (unpaired) electrons. The van der Waals surface area contributed by atoms with E-state index in [1.807, 2.05) is 0 Å². The molecule has 0 aliphatic heterocycles. The zero-order chi connectivity index (χ0) is 16.8. The van der Waals surface area contributed by atoms with Gasteiger partial charge >= 0.3 is 0 Å². The van der Waals surface area contributed by atoms with E-state index in [0.717, 1.165) is 0 Å². The van der Waals surface area contributed by atoms with Gasteiger partial charge in [-0.2, -0.15) is 0 Å². The van der Waals surface area contributed by atoms with Gasteiger partial charge in [-0.1, -0.05) is 24.3 Å². The molecule has 118 valence electrons. The molecule has 0 aliphatic rings. The van der Waals surface area contributed by atoms with Gasteiger partial charge in [0.25, 0.3) is 11.6 Å². The molecule has 2 aromatic carbocycles. The Morgan fingerprint density at radius 1 is 1.13 bits per heavy atom. The van der Waals surface area contributed by atoms with E-state index in [4.69, 9.17) is 0 Å². The van der Waals surface area contributed by atoms with E-state index in [1.54, 1.807) is 36.4 Å². The first kappa shape index (κ1) is 16.2. The van der Waals surface area contributed by atoms with E-state index >= 15 is 0 Å². The lowest BCUT2D eigenvalue weighted by molar-refractivity contribution is -0.385. The lowest BCUT2D eigenvalue weighted by Gasteiger charge is -2.07. The van der Waals surface area contributed by atoms with Crippen LogP contribution in [0.5, 0.6) is 0 Å². The monoisotopic (exact) mass is 313 g/mol. The van der Waals surface area contributed by atoms with Crippen LogP contribution in [0.4, 0.5) is 11.4 Å². The molecule has 0 aliphatic carbocycles. The number of carbonyl (C=O) groups is 2. The van der Waals surface area contributed by atoms with Crippen molar-refractivity contribution in [3.63, 3.8) is 0 Å². The number of hydrogen-bond donors (Lipinski definition) is 2. The number of hydrogen-bond acceptors (Lipinski definition) is 4. The third-order valence-corrected chi connectivity index (χ3v) is 3.17. The molecule has 2 rings (SSSR count). The Morgan fingerprint density at radius 3 is 2.57 bits per heavy atom. The molecule has 7 heteroatoms. The molecule has 0 aromatic heterocycles. The maximum atomic E-state index is 12.1. The smallest absolute Gasteiger partial charge is 0.273 e. The van der Waals surface area contributed by atoms with Gasteiger partial charge in [-0.05, 0) is 18.2 Å². The van der Waals surface area contributed by atoms with Gasteiger partial charge in [0.2, 0.25) is 5.91 Å². The normalized spacial score (nSPS) is 9.96. The largest absolute Gasteiger partial charge is 0.355 e. The van der Waals surface area contributed by atoms with Crippen LogP contribution >= 0.6 is 0 Å². The Bertz CT molecular complexity index is 758. The highest BCUT2D eigenvalue weighted by molar-refractivity contribution is 5.97. The first-order chi connectivity index (χ1) is 11.0. The van der Waals surface area contributed by atoms with Crippen molar-refractivity contribution < 1.29 is 14.5 Å². The molecule has 0 spiro atoms. The molecule has 2 N–H and O–H groups in total. The first-order valence-corrected chi connectivity index (χ1v) is 6.85. The third-order valence-electron chi connectivity index (χ3n) is 3.17. The number of carbonyl (C=O) groups excluding carboxylic acids is 2. The van der Waals surface area contributed by atoms with Crippen LogP contribution in [0.25, 0.3) is 0 Å². The first-order valence-electron chi connectivity index (χ1n) is 6.85. The van der Waals surface area contributed by atoms with Crippen molar-refractivity contribution in [1.82, 2.24) is 5.32 Å². The standard InChI is InChI=1S/C16H15N3O4/c1-17-16(21)12-6-4-7-13(9-12)18-15(20)10-11-5-2-3-8-14(11)19(22)23/h2-9H,10H2,1H3,(H,17,21)(H,18,20). The number of para-hydroxylation sites is 1. The number of benzene rings is 2. The van der Waals surface area contributed by atoms with Crippen molar-refractivity contribution in [3.05, 3.63) is 69.8 Å². The predicted molar refractivity (Wildman–Crippen MR) is 85.3 cm³/mol. The summed E-state index contributed by atoms with van der Waals surface area (Å²) in [6.07, 6.45) is -0.124. The molecular formula is C16H15N3O4. The molecule has 23 heavy (non-hydrogen) atoms. The van der Waals surface area contributed by atoms with Crippen molar-refractivity contribution in [1.29, 1.82) is 0 Å². The fraction of sp³-hybridized carbons (Fsp3) is 0.125. The van der Waals surface area contributed by atoms with Crippen LogP contribution in [0.3, 0.4) is 0 Å². The molecule has 7 nitrogen and oxygen atoms in total. The van der Waals surface area contributed by atoms with Crippen molar-refractivity contribution in [3.8, 4) is 0 Å². The molecule has 0 bridgehead atoms. The molecule has 0 fully saturated rings. The summed E-state index contributed by atoms with van der Waals surface area (Å²) < 4.78 is 0. The molecule has 0 heterocycles. The van der Waals surface area contributed by atoms with Crippen molar-refractivity contribution in [2.75, 3.05) is 12.4 Å². The lowest BCUT2D eigenvalue weighted by atomic mass is 10.1. The summed E-state index contributed by atoms with van der Waals surface area (Å²) in [5.74, 6) is -0.659. The Balaban J connectivity index is 2.12. The summed E-state index contributed by atoms with van der Waals surface area (Å²) in [5, 5.41) is 16.1. The summed E-state index contributed by atoms with van der Waals surface area (Å²) >= 11 is 0. The zero-order valence-electron chi connectivity index (χ0n) is 12.4. The second-order valence-corrected chi connectivity index (χ2v) is 4.77. The van der Waals surface area contributed by atoms with E-state index in [1.165, 1.54) is 19.2 Å². The van der Waals surface area contributed by atoms with Crippen LogP contribution in [0.1, 0.15) is 15.9 Å². The summed E-state index contributed by atoms with van der Waals surface area (Å²) in [6.45, 7) is 0. The Kier molecular flexibility index (Phi) is 5.03. The second-order valence-electron chi connectivity index (χ2n) is 4.77. The minimum atomic E-state index is -0.519. The Morgan fingerprint density at radius 2 is 1.87 bits per heavy atom. The summed E-state index contributed by atoms with van der Waals surface area (Å²) in [6, 6.07) is 12.5. The van der Waals surface area contributed by atoms with Crippen molar-refractivity contribution >= 4 is 23.2 Å². The average Bonchev–Trinajstić information content (AvgIpc) is 2.54. The molecule has 0 saturated carbocycles. The van der Waals surface area contributed by atoms with E-state index < -0.39 is 10.8 Å². The van der Waals surface area contributed by atoms with Crippen LogP contribution in [-0.4, -0.2) is 23.8 Å². The number of rotatable bonds is 5. The summed E-state index contributed by atoms with van der Waals surface area (Å²) in [7, 11) is 1.52. The molecule has 0 saturated heterocycles. The predicted octanol–water partition coefficient (Wildman–Crippen LogP) is 2.14. The summed E-state index contributed by atoms with van der Waals surface area (Å²) in [5.41, 5.74) is 1.10. The minimum absolute atomic E-state index is 0.0956. The number of nitrogens with one attached hydrogen (secondary N) is 2. The van der Waals surface area contributed by atoms with Crippen LogP contribution in [0.15, 0.2) is 48.5 Å². The average molecular weight is 313 g/mol. The van der Waals surface area contributed by atoms with Crippen LogP contribution in [0.2, 0.25) is 0 Å². The number of amides is 2. The molecule has 0 atom stereocenters. The van der Waals surface area contributed by atoms with Gasteiger partial charge in [-0.25, -0.2) is 0 Å². The van der Waals surface area contributed by atoms with Crippen LogP contribution < -0.4 is 10.6 Å². The van der Waals surface area contributed by atoms with Crippen molar-refractivity contribution in [2.24, 2.45) is 0 Å². The van der Waals surface area contributed by atoms with Gasteiger partial charge in [0.05, 0.1) is 11.3 Å². The number of anilines is 1. The van der Waals surface area contributed by atoms with Crippen LogP contribution in [-0.2, 0) is 11.2 Å². The minimum Gasteiger partial charge on any atom is -0.355 e. The zero-order valence-corrected chi connectivity index (χ0v) is 12.4. The number of nitrogens with zero attached hydrogens (tertiary/aromatic N) is 1. The van der Waals surface area contributed by atoms with Gasteiger partial charge in [-0.3, -0.25) is 19.7 Å². The fourth-order valence-corrected chi connectivity index (χ4v) is 2.10. The SMILES string of the molecule is CNC(=O)c1cccc(NC(=O)Cc2ccccc2[N+](=O)[O-])c1. The van der Waals surface area contributed by atoms with Gasteiger partial charge in [0, 0.05) is 29.9 Å². The molecule has 2 amide bonds. The highest BCUT2D eigenvalue weighted by Crippen LogP contribution is 2.19. The Hall–Kier alpha value is -3.22. The highest BCUT2D eigenvalue weighted by atomic mass is 16.6. The summed E-state index contributed by atoms with van der Waals surface area (Å²) in [4.78, 5) is 34.1. The van der Waals surface area contributed by atoms with Gasteiger partial charge < -0.3 is 10.6 Å². The van der Waals surface area contributed by atoms with E-state index in [2.05, 4.69) is 10.6 Å². The number of nitro groups is 1. The third kappa shape index (κ3) is 4.13. The quantitative estimate of drug-likeness (QED) is 0.652. The van der Waals surface area contributed by atoms with Gasteiger partial charge in [0.1, 0.15) is 0 Å². The topological polar surface area (TPSA) is 101 Å².